The van der Waals surface area contributed by atoms with Gasteiger partial charge in [0.05, 0.1) is 36.2 Å². The van der Waals surface area contributed by atoms with Crippen LogP contribution >= 0.6 is 0 Å². The van der Waals surface area contributed by atoms with Gasteiger partial charge in [0.15, 0.2) is 0 Å². The molecule has 0 aromatic heterocycles. The molecule has 0 bridgehead atoms. The minimum absolute atomic E-state index is 0.000107. The molecule has 0 aliphatic heterocycles. The highest BCUT2D eigenvalue weighted by atomic mass is 32.2. The molecule has 0 spiro atoms. The van der Waals surface area contributed by atoms with E-state index in [4.69, 9.17) is 18.9 Å². The standard InChI is InChI=1S/C24H34O8S/c1-5-29-13-17-9-21(10-18(23(17)25)14-30-6-2)33(27,28)22-11-19(15-31-7-3)24(26)20(12-22)16-32-8-4/h9-12,25-26H,5-8,13-16H2,1-4H3. The highest BCUT2D eigenvalue weighted by molar-refractivity contribution is 7.91. The van der Waals surface area contributed by atoms with Crippen molar-refractivity contribution in [2.75, 3.05) is 26.4 Å². The average Bonchev–Trinajstić information content (AvgIpc) is 2.80. The third kappa shape index (κ3) is 6.91. The lowest BCUT2D eigenvalue weighted by atomic mass is 10.1. The van der Waals surface area contributed by atoms with Gasteiger partial charge in [-0.3, -0.25) is 0 Å². The van der Waals surface area contributed by atoms with Crippen LogP contribution in [0.5, 0.6) is 11.5 Å². The number of sulfone groups is 1. The fourth-order valence-corrected chi connectivity index (χ4v) is 4.65. The van der Waals surface area contributed by atoms with E-state index in [9.17, 15) is 18.6 Å². The zero-order valence-corrected chi connectivity index (χ0v) is 20.5. The first-order valence-electron chi connectivity index (χ1n) is 11.1. The molecule has 2 N–H and O–H groups in total. The normalized spacial score (nSPS) is 11.8. The van der Waals surface area contributed by atoms with Crippen molar-refractivity contribution in [3.63, 3.8) is 0 Å². The zero-order chi connectivity index (χ0) is 24.4. The maximum atomic E-state index is 13.6. The second-order valence-corrected chi connectivity index (χ2v) is 9.18. The van der Waals surface area contributed by atoms with E-state index in [1.807, 2.05) is 27.7 Å². The number of hydrogen-bond donors (Lipinski definition) is 2. The van der Waals surface area contributed by atoms with Gasteiger partial charge in [-0.1, -0.05) is 0 Å². The second-order valence-electron chi connectivity index (χ2n) is 7.23. The summed E-state index contributed by atoms with van der Waals surface area (Å²) in [6.07, 6.45) is 0. The summed E-state index contributed by atoms with van der Waals surface area (Å²) in [5.41, 5.74) is 1.43. The molecule has 0 heterocycles. The molecule has 0 aliphatic carbocycles. The maximum Gasteiger partial charge on any atom is 0.206 e. The monoisotopic (exact) mass is 482 g/mol. The van der Waals surface area contributed by atoms with E-state index in [1.54, 1.807) is 0 Å². The molecule has 33 heavy (non-hydrogen) atoms. The lowest BCUT2D eigenvalue weighted by molar-refractivity contribution is 0.125. The van der Waals surface area contributed by atoms with Crippen LogP contribution in [0.3, 0.4) is 0 Å². The van der Waals surface area contributed by atoms with Crippen molar-refractivity contribution in [2.45, 2.75) is 63.9 Å². The summed E-state index contributed by atoms with van der Waals surface area (Å²) in [6.45, 7) is 9.16. The zero-order valence-electron chi connectivity index (χ0n) is 19.7. The van der Waals surface area contributed by atoms with Crippen molar-refractivity contribution in [3.8, 4) is 11.5 Å². The Labute approximate surface area is 196 Å². The van der Waals surface area contributed by atoms with Gasteiger partial charge in [-0.05, 0) is 52.0 Å². The Bertz CT molecular complexity index is 884. The Morgan fingerprint density at radius 1 is 0.576 bits per heavy atom. The Hall–Kier alpha value is -2.17. The van der Waals surface area contributed by atoms with Gasteiger partial charge in [-0.25, -0.2) is 8.42 Å². The maximum absolute atomic E-state index is 13.6. The smallest absolute Gasteiger partial charge is 0.206 e. The van der Waals surface area contributed by atoms with Gasteiger partial charge in [-0.2, -0.15) is 0 Å². The molecule has 0 saturated heterocycles. The SMILES string of the molecule is CCOCc1cc(S(=O)(=O)c2cc(COCC)c(O)c(COCC)c2)cc(COCC)c1O. The number of benzene rings is 2. The molecule has 8 nitrogen and oxygen atoms in total. The first-order valence-corrected chi connectivity index (χ1v) is 12.5. The van der Waals surface area contributed by atoms with Crippen LogP contribution in [0.1, 0.15) is 49.9 Å². The largest absolute Gasteiger partial charge is 0.507 e. The van der Waals surface area contributed by atoms with Crippen LogP contribution in [-0.2, 0) is 55.2 Å². The molecule has 184 valence electrons. The minimum Gasteiger partial charge on any atom is -0.507 e. The van der Waals surface area contributed by atoms with E-state index in [0.717, 1.165) is 0 Å². The molecule has 2 aromatic carbocycles. The summed E-state index contributed by atoms with van der Waals surface area (Å²) in [4.78, 5) is 0.000214. The van der Waals surface area contributed by atoms with Crippen LogP contribution in [0.4, 0.5) is 0 Å². The average molecular weight is 483 g/mol. The second kappa shape index (κ2) is 12.9. The summed E-state index contributed by atoms with van der Waals surface area (Å²) in [5.74, 6) is -0.0914. The first-order chi connectivity index (χ1) is 15.8. The molecule has 9 heteroatoms. The minimum atomic E-state index is -4.01. The van der Waals surface area contributed by atoms with E-state index < -0.39 is 9.84 Å². The van der Waals surface area contributed by atoms with E-state index in [-0.39, 0.29) is 47.7 Å². The molecule has 2 rings (SSSR count). The molecule has 0 saturated carbocycles. The lowest BCUT2D eigenvalue weighted by Gasteiger charge is -2.16. The number of ether oxygens (including phenoxy) is 4. The predicted octanol–water partition coefficient (Wildman–Crippen LogP) is 4.08. The molecule has 0 unspecified atom stereocenters. The Balaban J connectivity index is 2.63. The quantitative estimate of drug-likeness (QED) is 0.414. The van der Waals surface area contributed by atoms with Gasteiger partial charge >= 0.3 is 0 Å². The number of phenolic OH excluding ortho intramolecular Hbond substituents is 2. The van der Waals surface area contributed by atoms with Crippen molar-refractivity contribution in [3.05, 3.63) is 46.5 Å². The highest BCUT2D eigenvalue weighted by Crippen LogP contribution is 2.34. The van der Waals surface area contributed by atoms with E-state index >= 15 is 0 Å². The lowest BCUT2D eigenvalue weighted by Crippen LogP contribution is -2.08. The number of hydrogen-bond acceptors (Lipinski definition) is 8. The molecule has 0 aliphatic rings. The fourth-order valence-electron chi connectivity index (χ4n) is 3.19. The molecular formula is C24H34O8S. The van der Waals surface area contributed by atoms with Gasteiger partial charge in [0.1, 0.15) is 11.5 Å². The van der Waals surface area contributed by atoms with Crippen LogP contribution in [-0.4, -0.2) is 45.1 Å². The topological polar surface area (TPSA) is 112 Å². The summed E-state index contributed by atoms with van der Waals surface area (Å²) in [6, 6.07) is 5.64. The number of phenols is 2. The Morgan fingerprint density at radius 3 is 1.03 bits per heavy atom. The molecule has 0 radical (unpaired) electrons. The van der Waals surface area contributed by atoms with E-state index in [2.05, 4.69) is 0 Å². The summed E-state index contributed by atoms with van der Waals surface area (Å²) >= 11 is 0. The number of rotatable bonds is 14. The van der Waals surface area contributed by atoms with Gasteiger partial charge in [0.2, 0.25) is 9.84 Å². The van der Waals surface area contributed by atoms with Crippen molar-refractivity contribution in [2.24, 2.45) is 0 Å². The Kier molecular flexibility index (Phi) is 10.6. The molecule has 0 atom stereocenters. The van der Waals surface area contributed by atoms with Gasteiger partial charge in [0.25, 0.3) is 0 Å². The van der Waals surface area contributed by atoms with Gasteiger partial charge in [0, 0.05) is 48.7 Å². The molecular weight excluding hydrogens is 448 g/mol. The van der Waals surface area contributed by atoms with Crippen molar-refractivity contribution >= 4 is 9.84 Å². The number of aromatic hydroxyl groups is 2. The van der Waals surface area contributed by atoms with E-state index in [1.165, 1.54) is 24.3 Å². The van der Waals surface area contributed by atoms with Crippen molar-refractivity contribution < 1.29 is 37.6 Å². The summed E-state index contributed by atoms with van der Waals surface area (Å²) in [5, 5.41) is 21.2. The fraction of sp³-hybridized carbons (Fsp3) is 0.500. The Morgan fingerprint density at radius 2 is 0.818 bits per heavy atom. The van der Waals surface area contributed by atoms with Crippen LogP contribution < -0.4 is 0 Å². The van der Waals surface area contributed by atoms with Crippen LogP contribution in [0, 0.1) is 0 Å². The molecule has 0 fully saturated rings. The van der Waals surface area contributed by atoms with Crippen molar-refractivity contribution in [1.82, 2.24) is 0 Å². The highest BCUT2D eigenvalue weighted by Gasteiger charge is 2.24. The third-order valence-electron chi connectivity index (χ3n) is 4.95. The van der Waals surface area contributed by atoms with Gasteiger partial charge < -0.3 is 29.2 Å². The van der Waals surface area contributed by atoms with Gasteiger partial charge in [-0.15, -0.1) is 0 Å². The van der Waals surface area contributed by atoms with Crippen molar-refractivity contribution in [1.29, 1.82) is 0 Å². The first kappa shape index (κ1) is 27.1. The van der Waals surface area contributed by atoms with E-state index in [0.29, 0.717) is 48.7 Å². The summed E-state index contributed by atoms with van der Waals surface area (Å²) in [7, 11) is -4.01. The molecule has 0 amide bonds. The van der Waals surface area contributed by atoms with Crippen LogP contribution in [0.15, 0.2) is 34.1 Å². The summed E-state index contributed by atoms with van der Waals surface area (Å²) < 4.78 is 48.9. The molecule has 2 aromatic rings. The van der Waals surface area contributed by atoms with Crippen LogP contribution in [0.25, 0.3) is 0 Å². The predicted molar refractivity (Wildman–Crippen MR) is 123 cm³/mol. The third-order valence-corrected chi connectivity index (χ3v) is 6.66. The van der Waals surface area contributed by atoms with Crippen LogP contribution in [0.2, 0.25) is 0 Å².